The van der Waals surface area contributed by atoms with Crippen LogP contribution in [0.15, 0.2) is 62.7 Å². The lowest BCUT2D eigenvalue weighted by atomic mass is 10.0. The summed E-state index contributed by atoms with van der Waals surface area (Å²) in [5.41, 5.74) is 1.23. The summed E-state index contributed by atoms with van der Waals surface area (Å²) in [7, 11) is -3.69. The highest BCUT2D eigenvalue weighted by Crippen LogP contribution is 2.34. The fourth-order valence-electron chi connectivity index (χ4n) is 3.43. The molecule has 0 atom stereocenters. The number of fused-ring (bicyclic) bond motifs is 3. The molecule has 0 amide bonds. The molecule has 27 heavy (non-hydrogen) atoms. The summed E-state index contributed by atoms with van der Waals surface area (Å²) in [6, 6.07) is 12.7. The molecule has 4 nitrogen and oxygen atoms in total. The first-order chi connectivity index (χ1) is 12.7. The van der Waals surface area contributed by atoms with Crippen LogP contribution in [0.1, 0.15) is 11.3 Å². The molecule has 0 spiro atoms. The van der Waals surface area contributed by atoms with Gasteiger partial charge in [-0.3, -0.25) is 4.90 Å². The van der Waals surface area contributed by atoms with E-state index in [1.165, 1.54) is 29.2 Å². The molecule has 1 aromatic heterocycles. The molecule has 0 bridgehead atoms. The molecule has 1 aliphatic heterocycles. The van der Waals surface area contributed by atoms with Gasteiger partial charge in [0.2, 0.25) is 9.84 Å². The fraction of sp³-hybridized carbons (Fsp3) is 0.263. The Balaban J connectivity index is 1.70. The molecule has 0 fully saturated rings. The highest BCUT2D eigenvalue weighted by molar-refractivity contribution is 7.91. The van der Waals surface area contributed by atoms with E-state index in [0.29, 0.717) is 17.8 Å². The minimum absolute atomic E-state index is 0.0598. The summed E-state index contributed by atoms with van der Waals surface area (Å²) in [5, 5.41) is 0.753. The van der Waals surface area contributed by atoms with Crippen molar-refractivity contribution in [3.8, 4) is 0 Å². The Morgan fingerprint density at radius 3 is 2.48 bits per heavy atom. The van der Waals surface area contributed by atoms with Gasteiger partial charge in [0, 0.05) is 23.6 Å². The van der Waals surface area contributed by atoms with Crippen molar-refractivity contribution in [2.45, 2.75) is 28.9 Å². The average Bonchev–Trinajstić information content (AvgIpc) is 2.97. The Hall–Kier alpha value is -2.32. The van der Waals surface area contributed by atoms with Crippen LogP contribution in [0.5, 0.6) is 0 Å². The van der Waals surface area contributed by atoms with E-state index in [2.05, 4.69) is 0 Å². The number of halogens is 3. The van der Waals surface area contributed by atoms with E-state index in [9.17, 15) is 21.6 Å². The van der Waals surface area contributed by atoms with Gasteiger partial charge in [-0.1, -0.05) is 18.2 Å². The van der Waals surface area contributed by atoms with Crippen LogP contribution in [-0.4, -0.2) is 32.6 Å². The van der Waals surface area contributed by atoms with Gasteiger partial charge in [0.1, 0.15) is 11.3 Å². The zero-order valence-electron chi connectivity index (χ0n) is 14.2. The number of hydrogen-bond donors (Lipinski definition) is 0. The van der Waals surface area contributed by atoms with E-state index in [1.807, 2.05) is 0 Å². The molecule has 1 aliphatic rings. The molecule has 4 rings (SSSR count). The third kappa shape index (κ3) is 3.46. The Bertz CT molecular complexity index is 1090. The van der Waals surface area contributed by atoms with Gasteiger partial charge >= 0.3 is 6.18 Å². The zero-order chi connectivity index (χ0) is 19.2. The second-order valence-corrected chi connectivity index (χ2v) is 8.50. The van der Waals surface area contributed by atoms with Crippen molar-refractivity contribution in [3.05, 3.63) is 59.9 Å². The van der Waals surface area contributed by atoms with Crippen molar-refractivity contribution in [1.82, 2.24) is 4.90 Å². The molecule has 2 aromatic carbocycles. The number of benzene rings is 2. The van der Waals surface area contributed by atoms with Gasteiger partial charge in [-0.15, -0.1) is 0 Å². The van der Waals surface area contributed by atoms with Crippen LogP contribution >= 0.6 is 0 Å². The summed E-state index contributed by atoms with van der Waals surface area (Å²) in [6.45, 7) is -0.646. The lowest BCUT2D eigenvalue weighted by Crippen LogP contribution is -2.37. The standard InChI is InChI=1S/C19H16F3NO3S/c20-19(21,22)12-23-9-8-16-15-7-6-14(10-17(15)26-18(16)11-23)27(24,25)13-4-2-1-3-5-13/h1-7,10H,8-9,11-12H2. The van der Waals surface area contributed by atoms with Crippen LogP contribution in [0.4, 0.5) is 13.2 Å². The first kappa shape index (κ1) is 18.1. The highest BCUT2D eigenvalue weighted by atomic mass is 32.2. The normalized spacial score (nSPS) is 15.8. The van der Waals surface area contributed by atoms with E-state index in [4.69, 9.17) is 4.42 Å². The number of nitrogens with zero attached hydrogens (tertiary/aromatic N) is 1. The fourth-order valence-corrected chi connectivity index (χ4v) is 4.72. The summed E-state index contributed by atoms with van der Waals surface area (Å²) in [6.07, 6.45) is -3.83. The van der Waals surface area contributed by atoms with E-state index in [-0.39, 0.29) is 22.9 Å². The molecule has 0 unspecified atom stereocenters. The molecule has 3 aromatic rings. The van der Waals surface area contributed by atoms with Crippen LogP contribution < -0.4 is 0 Å². The van der Waals surface area contributed by atoms with Crippen molar-refractivity contribution in [1.29, 1.82) is 0 Å². The summed E-state index contributed by atoms with van der Waals surface area (Å²) < 4.78 is 69.1. The maximum atomic E-state index is 12.8. The van der Waals surface area contributed by atoms with Crippen molar-refractivity contribution < 1.29 is 26.0 Å². The van der Waals surface area contributed by atoms with E-state index >= 15 is 0 Å². The van der Waals surface area contributed by atoms with Gasteiger partial charge in [-0.2, -0.15) is 13.2 Å². The number of furan rings is 1. The minimum atomic E-state index is -4.26. The van der Waals surface area contributed by atoms with Gasteiger partial charge in [0.05, 0.1) is 22.9 Å². The van der Waals surface area contributed by atoms with E-state index < -0.39 is 22.6 Å². The highest BCUT2D eigenvalue weighted by Gasteiger charge is 2.33. The number of hydrogen-bond acceptors (Lipinski definition) is 4. The number of rotatable bonds is 3. The SMILES string of the molecule is O=S(=O)(c1ccccc1)c1ccc2c3c(oc2c1)CN(CC(F)(F)F)CC3. The average molecular weight is 395 g/mol. The maximum Gasteiger partial charge on any atom is 0.401 e. The Morgan fingerprint density at radius 2 is 1.78 bits per heavy atom. The summed E-state index contributed by atoms with van der Waals surface area (Å²) >= 11 is 0. The third-order valence-corrected chi connectivity index (χ3v) is 6.43. The first-order valence-corrected chi connectivity index (χ1v) is 9.86. The monoisotopic (exact) mass is 395 g/mol. The summed E-state index contributed by atoms with van der Waals surface area (Å²) in [5.74, 6) is 0.467. The second-order valence-electron chi connectivity index (χ2n) is 6.55. The van der Waals surface area contributed by atoms with Crippen molar-refractivity contribution in [2.24, 2.45) is 0 Å². The molecular formula is C19H16F3NO3S. The maximum absolute atomic E-state index is 12.8. The van der Waals surface area contributed by atoms with Gasteiger partial charge in [0.15, 0.2) is 0 Å². The molecule has 142 valence electrons. The Kier molecular flexibility index (Phi) is 4.27. The van der Waals surface area contributed by atoms with E-state index in [1.54, 1.807) is 24.3 Å². The van der Waals surface area contributed by atoms with Gasteiger partial charge < -0.3 is 4.42 Å². The van der Waals surface area contributed by atoms with Gasteiger partial charge in [-0.05, 0) is 30.7 Å². The molecule has 0 aliphatic carbocycles. The summed E-state index contributed by atoms with van der Waals surface area (Å²) in [4.78, 5) is 1.56. The topological polar surface area (TPSA) is 50.5 Å². The smallest absolute Gasteiger partial charge is 0.401 e. The number of alkyl halides is 3. The third-order valence-electron chi connectivity index (χ3n) is 4.66. The van der Waals surface area contributed by atoms with Crippen molar-refractivity contribution >= 4 is 20.8 Å². The molecular weight excluding hydrogens is 379 g/mol. The Morgan fingerprint density at radius 1 is 1.04 bits per heavy atom. The lowest BCUT2D eigenvalue weighted by Gasteiger charge is -2.26. The Labute approximate surface area is 154 Å². The molecule has 0 radical (unpaired) electrons. The minimum Gasteiger partial charge on any atom is -0.459 e. The lowest BCUT2D eigenvalue weighted by molar-refractivity contribution is -0.148. The number of sulfone groups is 1. The van der Waals surface area contributed by atoms with Crippen LogP contribution in [0.3, 0.4) is 0 Å². The zero-order valence-corrected chi connectivity index (χ0v) is 15.0. The molecule has 0 saturated heterocycles. The van der Waals surface area contributed by atoms with Gasteiger partial charge in [0.25, 0.3) is 0 Å². The van der Waals surface area contributed by atoms with E-state index in [0.717, 1.165) is 10.9 Å². The predicted molar refractivity (Wildman–Crippen MR) is 93.1 cm³/mol. The van der Waals surface area contributed by atoms with Crippen LogP contribution in [0, 0.1) is 0 Å². The van der Waals surface area contributed by atoms with Crippen LogP contribution in [-0.2, 0) is 22.8 Å². The van der Waals surface area contributed by atoms with Crippen LogP contribution in [0.25, 0.3) is 11.0 Å². The second kappa shape index (κ2) is 6.38. The molecule has 8 heteroatoms. The van der Waals surface area contributed by atoms with Crippen LogP contribution in [0.2, 0.25) is 0 Å². The largest absolute Gasteiger partial charge is 0.459 e. The quantitative estimate of drug-likeness (QED) is 0.668. The van der Waals surface area contributed by atoms with Crippen molar-refractivity contribution in [2.75, 3.05) is 13.1 Å². The first-order valence-electron chi connectivity index (χ1n) is 8.37. The van der Waals surface area contributed by atoms with Gasteiger partial charge in [-0.25, -0.2) is 8.42 Å². The predicted octanol–water partition coefficient (Wildman–Crippen LogP) is 4.19. The van der Waals surface area contributed by atoms with Crippen molar-refractivity contribution in [3.63, 3.8) is 0 Å². The molecule has 0 saturated carbocycles. The molecule has 0 N–H and O–H groups in total. The molecule has 2 heterocycles.